The number of thiocarbonyl (C=S) groups is 1. The molecule has 0 radical (unpaired) electrons. The second-order valence-electron chi connectivity index (χ2n) is 6.67. The molecule has 4 rings (SSSR count). The van der Waals surface area contributed by atoms with E-state index in [-0.39, 0.29) is 21.7 Å². The molecule has 1 aromatic carbocycles. The van der Waals surface area contributed by atoms with Crippen LogP contribution in [0, 0.1) is 0 Å². The highest BCUT2D eigenvalue weighted by Crippen LogP contribution is 2.33. The Morgan fingerprint density at radius 2 is 2.06 bits per heavy atom. The van der Waals surface area contributed by atoms with Crippen LogP contribution >= 0.6 is 35.2 Å². The third-order valence-corrected chi connectivity index (χ3v) is 7.19. The van der Waals surface area contributed by atoms with Crippen molar-refractivity contribution in [2.75, 3.05) is 10.0 Å². The van der Waals surface area contributed by atoms with Gasteiger partial charge in [-0.15, -0.1) is 0 Å². The average Bonchev–Trinajstić information content (AvgIpc) is 3.10. The minimum atomic E-state index is -3.87. The minimum Gasteiger partial charge on any atom is -0.302 e. The number of allylic oxidation sites excluding steroid dienone is 3. The second-order valence-corrected chi connectivity index (χ2v) is 10.3. The topological polar surface area (TPSA) is 101 Å². The van der Waals surface area contributed by atoms with Gasteiger partial charge in [-0.1, -0.05) is 47.3 Å². The molecule has 0 aliphatic heterocycles. The molecular formula is C20H15ClN4O3S3. The standard InChI is InChI=1S/C20H15ClN4O3S3/c1-11(26)23-20-24-16-6-5-12(8-18(16)30-20)13-7-17(19(21)22-10-13)25-31(27,28)15-4-2-3-14(29)9-15/h2,4-10,25H,3H2,1H3,(H,23,24,26). The van der Waals surface area contributed by atoms with Crippen molar-refractivity contribution in [3.8, 4) is 11.1 Å². The second kappa shape index (κ2) is 8.46. The fourth-order valence-corrected chi connectivity index (χ4v) is 5.50. The number of fused-ring (bicyclic) bond motifs is 1. The van der Waals surface area contributed by atoms with Gasteiger partial charge in [-0.3, -0.25) is 9.52 Å². The summed E-state index contributed by atoms with van der Waals surface area (Å²) in [4.78, 5) is 20.4. The highest BCUT2D eigenvalue weighted by atomic mass is 35.5. The number of hydrogen-bond donors (Lipinski definition) is 2. The molecule has 158 valence electrons. The lowest BCUT2D eigenvalue weighted by Gasteiger charge is -2.13. The van der Waals surface area contributed by atoms with E-state index in [9.17, 15) is 13.2 Å². The number of thiazole rings is 1. The maximum atomic E-state index is 12.7. The van der Waals surface area contributed by atoms with Crippen LogP contribution in [0.15, 0.2) is 53.6 Å². The van der Waals surface area contributed by atoms with Crippen molar-refractivity contribution in [3.05, 3.63) is 58.7 Å². The zero-order valence-electron chi connectivity index (χ0n) is 16.0. The number of nitrogens with one attached hydrogen (secondary N) is 2. The van der Waals surface area contributed by atoms with Crippen LogP contribution in [0.1, 0.15) is 13.3 Å². The Labute approximate surface area is 192 Å². The van der Waals surface area contributed by atoms with Crippen molar-refractivity contribution >= 4 is 77.0 Å². The van der Waals surface area contributed by atoms with Gasteiger partial charge in [-0.2, -0.15) is 0 Å². The number of sulfonamides is 1. The molecule has 0 atom stereocenters. The van der Waals surface area contributed by atoms with Crippen molar-refractivity contribution in [3.63, 3.8) is 0 Å². The fraction of sp³-hybridized carbons (Fsp3) is 0.100. The fourth-order valence-electron chi connectivity index (χ4n) is 2.91. The lowest BCUT2D eigenvalue weighted by atomic mass is 10.1. The first-order chi connectivity index (χ1) is 14.7. The predicted octanol–water partition coefficient (Wildman–Crippen LogP) is 4.93. The van der Waals surface area contributed by atoms with Gasteiger partial charge in [0.2, 0.25) is 5.91 Å². The lowest BCUT2D eigenvalue weighted by molar-refractivity contribution is -0.114. The quantitative estimate of drug-likeness (QED) is 0.388. The van der Waals surface area contributed by atoms with Gasteiger partial charge in [0.25, 0.3) is 10.0 Å². The first kappa shape index (κ1) is 21.6. The Balaban J connectivity index is 1.67. The molecule has 11 heteroatoms. The number of rotatable bonds is 5. The van der Waals surface area contributed by atoms with Gasteiger partial charge >= 0.3 is 0 Å². The van der Waals surface area contributed by atoms with Crippen LogP contribution in [-0.4, -0.2) is 29.2 Å². The van der Waals surface area contributed by atoms with E-state index in [1.54, 1.807) is 18.3 Å². The maximum absolute atomic E-state index is 12.7. The smallest absolute Gasteiger partial charge is 0.262 e. The summed E-state index contributed by atoms with van der Waals surface area (Å²) in [5, 5.41) is 3.21. The first-order valence-corrected chi connectivity index (χ1v) is 12.1. The maximum Gasteiger partial charge on any atom is 0.262 e. The molecule has 31 heavy (non-hydrogen) atoms. The summed E-state index contributed by atoms with van der Waals surface area (Å²) in [6.45, 7) is 1.42. The van der Waals surface area contributed by atoms with Crippen LogP contribution in [0.3, 0.4) is 0 Å². The summed E-state index contributed by atoms with van der Waals surface area (Å²) >= 11 is 12.6. The highest BCUT2D eigenvalue weighted by Gasteiger charge is 2.20. The number of carbonyl (C=O) groups is 1. The molecule has 1 aliphatic rings. The van der Waals surface area contributed by atoms with Gasteiger partial charge in [0.15, 0.2) is 10.3 Å². The van der Waals surface area contributed by atoms with Crippen LogP contribution < -0.4 is 10.0 Å². The molecule has 3 aromatic rings. The van der Waals surface area contributed by atoms with Crippen molar-refractivity contribution in [1.82, 2.24) is 9.97 Å². The summed E-state index contributed by atoms with van der Waals surface area (Å²) in [6.07, 6.45) is 6.76. The Hall–Kier alpha value is -2.66. The van der Waals surface area contributed by atoms with E-state index < -0.39 is 10.0 Å². The monoisotopic (exact) mass is 490 g/mol. The molecule has 2 heterocycles. The molecule has 7 nitrogen and oxygen atoms in total. The average molecular weight is 491 g/mol. The highest BCUT2D eigenvalue weighted by molar-refractivity contribution is 7.96. The van der Waals surface area contributed by atoms with Crippen LogP contribution in [-0.2, 0) is 14.8 Å². The number of nitrogens with zero attached hydrogens (tertiary/aromatic N) is 2. The van der Waals surface area contributed by atoms with Crippen molar-refractivity contribution < 1.29 is 13.2 Å². The Morgan fingerprint density at radius 3 is 2.81 bits per heavy atom. The number of benzene rings is 1. The molecule has 1 amide bonds. The summed E-state index contributed by atoms with van der Waals surface area (Å²) in [7, 11) is -3.87. The van der Waals surface area contributed by atoms with Crippen molar-refractivity contribution in [2.24, 2.45) is 0 Å². The van der Waals surface area contributed by atoms with E-state index >= 15 is 0 Å². The minimum absolute atomic E-state index is 0.0297. The molecule has 2 aromatic heterocycles. The van der Waals surface area contributed by atoms with E-state index in [0.29, 0.717) is 22.0 Å². The van der Waals surface area contributed by atoms with E-state index in [2.05, 4.69) is 20.0 Å². The normalized spacial score (nSPS) is 13.9. The lowest BCUT2D eigenvalue weighted by Crippen LogP contribution is -2.16. The van der Waals surface area contributed by atoms with E-state index in [4.69, 9.17) is 23.8 Å². The van der Waals surface area contributed by atoms with Gasteiger partial charge < -0.3 is 5.32 Å². The summed E-state index contributed by atoms with van der Waals surface area (Å²) in [5.41, 5.74) is 2.37. The molecular weight excluding hydrogens is 476 g/mol. The van der Waals surface area contributed by atoms with Gasteiger partial charge in [0.1, 0.15) is 0 Å². The number of amides is 1. The molecule has 1 aliphatic carbocycles. The summed E-state index contributed by atoms with van der Waals surface area (Å²) < 4.78 is 28.9. The molecule has 0 bridgehead atoms. The number of carbonyl (C=O) groups excluding carboxylic acids is 1. The zero-order chi connectivity index (χ0) is 22.2. The summed E-state index contributed by atoms with van der Waals surface area (Å²) in [5.74, 6) is -0.193. The zero-order valence-corrected chi connectivity index (χ0v) is 19.3. The Bertz CT molecular complexity index is 1390. The Morgan fingerprint density at radius 1 is 1.26 bits per heavy atom. The van der Waals surface area contributed by atoms with Crippen molar-refractivity contribution in [1.29, 1.82) is 0 Å². The number of pyridine rings is 1. The SMILES string of the molecule is CC(=O)Nc1nc2ccc(-c3cnc(Cl)c(NS(=O)(=O)C4=CC(=S)CC=C4)c3)cc2s1. The summed E-state index contributed by atoms with van der Waals surface area (Å²) in [6, 6.07) is 7.18. The van der Waals surface area contributed by atoms with Gasteiger partial charge in [-0.25, -0.2) is 18.4 Å². The Kier molecular flexibility index (Phi) is 5.89. The third-order valence-electron chi connectivity index (χ3n) is 4.30. The molecule has 0 saturated carbocycles. The molecule has 2 N–H and O–H groups in total. The number of hydrogen-bond acceptors (Lipinski definition) is 7. The predicted molar refractivity (Wildman–Crippen MR) is 129 cm³/mol. The van der Waals surface area contributed by atoms with Crippen molar-refractivity contribution in [2.45, 2.75) is 13.3 Å². The molecule has 0 unspecified atom stereocenters. The van der Waals surface area contributed by atoms with Crippen LogP contribution in [0.2, 0.25) is 5.15 Å². The largest absolute Gasteiger partial charge is 0.302 e. The number of aromatic nitrogens is 2. The van der Waals surface area contributed by atoms with Gasteiger partial charge in [0, 0.05) is 30.0 Å². The molecule has 0 spiro atoms. The number of anilines is 2. The van der Waals surface area contributed by atoms with Gasteiger partial charge in [0.05, 0.1) is 20.8 Å². The van der Waals surface area contributed by atoms with E-state index in [1.165, 1.54) is 30.4 Å². The number of halogens is 1. The van der Waals surface area contributed by atoms with Crippen LogP contribution in [0.5, 0.6) is 0 Å². The van der Waals surface area contributed by atoms with Gasteiger partial charge in [-0.05, 0) is 35.9 Å². The third kappa shape index (κ3) is 4.82. The van der Waals surface area contributed by atoms with E-state index in [0.717, 1.165) is 15.8 Å². The van der Waals surface area contributed by atoms with Crippen LogP contribution in [0.4, 0.5) is 10.8 Å². The van der Waals surface area contributed by atoms with Crippen LogP contribution in [0.25, 0.3) is 21.3 Å². The van der Waals surface area contributed by atoms with E-state index in [1.807, 2.05) is 18.2 Å². The molecule has 0 saturated heterocycles. The first-order valence-electron chi connectivity index (χ1n) is 8.99. The molecule has 0 fully saturated rings.